The first-order chi connectivity index (χ1) is 14.6. The summed E-state index contributed by atoms with van der Waals surface area (Å²) in [5.41, 5.74) is 0. The maximum atomic E-state index is 11.3. The first-order valence-corrected chi connectivity index (χ1v) is 11.0. The van der Waals surface area contributed by atoms with Crippen molar-refractivity contribution in [3.05, 3.63) is 60.8 Å². The number of ether oxygens (including phenoxy) is 1. The van der Waals surface area contributed by atoms with Crippen LogP contribution >= 0.6 is 0 Å². The van der Waals surface area contributed by atoms with E-state index in [0.29, 0.717) is 0 Å². The Labute approximate surface area is 181 Å². The molecule has 1 atom stereocenters. The average molecular weight is 419 g/mol. The summed E-state index contributed by atoms with van der Waals surface area (Å²) < 4.78 is 4.29. The number of aliphatic hydroxyl groups is 2. The molecule has 0 bridgehead atoms. The van der Waals surface area contributed by atoms with E-state index in [2.05, 4.69) is 17.7 Å². The molecule has 30 heavy (non-hydrogen) atoms. The van der Waals surface area contributed by atoms with Crippen LogP contribution in [0.5, 0.6) is 0 Å². The maximum Gasteiger partial charge on any atom is 0.345 e. The molecule has 0 aliphatic carbocycles. The molecule has 0 fully saturated rings. The fourth-order valence-electron chi connectivity index (χ4n) is 2.54. The van der Waals surface area contributed by atoms with Crippen LogP contribution < -0.4 is 0 Å². The summed E-state index contributed by atoms with van der Waals surface area (Å²) in [5, 5.41) is 17.5. The van der Waals surface area contributed by atoms with Crippen molar-refractivity contribution in [1.82, 2.24) is 0 Å². The van der Waals surface area contributed by atoms with E-state index >= 15 is 0 Å². The van der Waals surface area contributed by atoms with Crippen LogP contribution in [0.1, 0.15) is 71.1 Å². The number of esters is 2. The third-order valence-electron chi connectivity index (χ3n) is 4.27. The lowest BCUT2D eigenvalue weighted by Crippen LogP contribution is -2.28. The summed E-state index contributed by atoms with van der Waals surface area (Å²) in [7, 11) is 0. The Morgan fingerprint density at radius 1 is 0.767 bits per heavy atom. The van der Waals surface area contributed by atoms with Gasteiger partial charge in [-0.25, -0.2) is 9.59 Å². The number of aliphatic hydroxyl groups excluding tert-OH is 2. The number of hydrogen-bond acceptors (Lipinski definition) is 5. The van der Waals surface area contributed by atoms with Gasteiger partial charge in [0.1, 0.15) is 0 Å². The van der Waals surface area contributed by atoms with Crippen LogP contribution in [0, 0.1) is 0 Å². The number of unbranched alkanes of at least 4 members (excludes halogenated alkanes) is 9. The second kappa shape index (κ2) is 21.5. The zero-order chi connectivity index (χ0) is 22.3. The molecule has 1 unspecified atom stereocenters. The van der Waals surface area contributed by atoms with E-state index in [0.717, 1.165) is 12.5 Å². The topological polar surface area (TPSA) is 83.8 Å². The van der Waals surface area contributed by atoms with Crippen LogP contribution in [-0.4, -0.2) is 34.9 Å². The summed E-state index contributed by atoms with van der Waals surface area (Å²) >= 11 is 0. The van der Waals surface area contributed by atoms with Crippen LogP contribution in [-0.2, 0) is 14.3 Å². The Kier molecular flexibility index (Phi) is 19.9. The monoisotopic (exact) mass is 418 g/mol. The maximum absolute atomic E-state index is 11.3. The lowest BCUT2D eigenvalue weighted by molar-refractivity contribution is -0.164. The van der Waals surface area contributed by atoms with Gasteiger partial charge >= 0.3 is 11.9 Å². The van der Waals surface area contributed by atoms with E-state index in [1.54, 1.807) is 18.2 Å². The van der Waals surface area contributed by atoms with E-state index in [1.807, 2.05) is 24.3 Å². The second-order valence-electron chi connectivity index (χ2n) is 7.00. The van der Waals surface area contributed by atoms with Crippen molar-refractivity contribution in [2.75, 3.05) is 6.61 Å². The van der Waals surface area contributed by atoms with E-state index < -0.39 is 24.6 Å². The minimum absolute atomic E-state index is 0.789. The number of allylic oxidation sites excluding steroid dienone is 9. The molecule has 0 aromatic carbocycles. The molecule has 2 N–H and O–H groups in total. The minimum atomic E-state index is -1.70. The quantitative estimate of drug-likeness (QED) is 0.113. The van der Waals surface area contributed by atoms with Crippen molar-refractivity contribution in [2.24, 2.45) is 0 Å². The van der Waals surface area contributed by atoms with Gasteiger partial charge in [-0.15, -0.1) is 0 Å². The van der Waals surface area contributed by atoms with Crippen LogP contribution in [0.2, 0.25) is 0 Å². The van der Waals surface area contributed by atoms with Gasteiger partial charge in [0.05, 0.1) is 6.61 Å². The highest BCUT2D eigenvalue weighted by molar-refractivity contribution is 5.93. The largest absolute Gasteiger partial charge is 0.393 e. The third kappa shape index (κ3) is 19.1. The highest BCUT2D eigenvalue weighted by atomic mass is 16.6. The molecule has 0 aromatic heterocycles. The summed E-state index contributed by atoms with van der Waals surface area (Å²) in [6.07, 6.45) is 29.1. The summed E-state index contributed by atoms with van der Waals surface area (Å²) in [4.78, 5) is 22.3. The Bertz CT molecular complexity index is 584. The van der Waals surface area contributed by atoms with Crippen molar-refractivity contribution >= 4 is 11.9 Å². The van der Waals surface area contributed by atoms with Gasteiger partial charge in [0.2, 0.25) is 0 Å². The van der Waals surface area contributed by atoms with Crippen molar-refractivity contribution in [3.8, 4) is 0 Å². The van der Waals surface area contributed by atoms with Crippen LogP contribution in [0.3, 0.4) is 0 Å². The number of carbonyl (C=O) groups excluding carboxylic acids is 2. The van der Waals surface area contributed by atoms with Gasteiger partial charge < -0.3 is 14.9 Å². The molecule has 0 aromatic rings. The molecule has 168 valence electrons. The van der Waals surface area contributed by atoms with Gasteiger partial charge in [-0.05, 0) is 12.8 Å². The first kappa shape index (κ1) is 27.8. The highest BCUT2D eigenvalue weighted by Crippen LogP contribution is 2.10. The summed E-state index contributed by atoms with van der Waals surface area (Å²) in [5.74, 6) is -2.08. The summed E-state index contributed by atoms with van der Waals surface area (Å²) in [6, 6.07) is 0. The van der Waals surface area contributed by atoms with Gasteiger partial charge in [0.15, 0.2) is 6.10 Å². The molecular formula is C25H38O5. The standard InChI is InChI=1S/C25H38O5/c1-2-3-4-5-6-7-8-9-10-11-12-13-14-15-16-17-18-19-20-21-24(28)30-25(29)23(27)22-26/h12-21,23,26-27H,2-11,22H2,1H3. The van der Waals surface area contributed by atoms with Crippen LogP contribution in [0.25, 0.3) is 0 Å². The molecule has 0 saturated carbocycles. The number of rotatable bonds is 17. The predicted octanol–water partition coefficient (Wildman–Crippen LogP) is 5.11. The Hall–Kier alpha value is -2.24. The third-order valence-corrected chi connectivity index (χ3v) is 4.27. The molecule has 0 amide bonds. The van der Waals surface area contributed by atoms with Crippen LogP contribution in [0.15, 0.2) is 60.8 Å². The molecule has 0 radical (unpaired) electrons. The Balaban J connectivity index is 3.71. The molecule has 0 rings (SSSR count). The van der Waals surface area contributed by atoms with Gasteiger partial charge in [0, 0.05) is 6.08 Å². The van der Waals surface area contributed by atoms with E-state index in [9.17, 15) is 9.59 Å². The number of carbonyl (C=O) groups is 2. The smallest absolute Gasteiger partial charge is 0.345 e. The van der Waals surface area contributed by atoms with Gasteiger partial charge in [-0.1, -0.05) is 113 Å². The van der Waals surface area contributed by atoms with Crippen molar-refractivity contribution < 1.29 is 24.5 Å². The highest BCUT2D eigenvalue weighted by Gasteiger charge is 2.17. The van der Waals surface area contributed by atoms with Gasteiger partial charge in [-0.3, -0.25) is 0 Å². The lowest BCUT2D eigenvalue weighted by Gasteiger charge is -2.03. The van der Waals surface area contributed by atoms with Gasteiger partial charge in [-0.2, -0.15) is 0 Å². The SMILES string of the molecule is CCCCCCCCCCCC=CC=CC=CC=CC=CC(=O)OC(=O)C(O)CO. The fourth-order valence-corrected chi connectivity index (χ4v) is 2.54. The normalized spacial score (nSPS) is 13.4. The molecule has 0 heterocycles. The van der Waals surface area contributed by atoms with E-state index in [1.165, 1.54) is 63.9 Å². The van der Waals surface area contributed by atoms with E-state index in [-0.39, 0.29) is 0 Å². The molecule has 5 heteroatoms. The molecular weight excluding hydrogens is 380 g/mol. The van der Waals surface area contributed by atoms with Crippen molar-refractivity contribution in [3.63, 3.8) is 0 Å². The Morgan fingerprint density at radius 2 is 1.27 bits per heavy atom. The predicted molar refractivity (Wildman–Crippen MR) is 122 cm³/mol. The Morgan fingerprint density at radius 3 is 1.83 bits per heavy atom. The molecule has 0 aliphatic heterocycles. The van der Waals surface area contributed by atoms with E-state index in [4.69, 9.17) is 10.2 Å². The molecule has 0 saturated heterocycles. The average Bonchev–Trinajstić information content (AvgIpc) is 2.74. The molecule has 0 aliphatic rings. The molecule has 0 spiro atoms. The van der Waals surface area contributed by atoms with Crippen molar-refractivity contribution in [1.29, 1.82) is 0 Å². The summed E-state index contributed by atoms with van der Waals surface area (Å²) in [6.45, 7) is 1.46. The molecule has 5 nitrogen and oxygen atoms in total. The number of hydrogen-bond donors (Lipinski definition) is 2. The zero-order valence-corrected chi connectivity index (χ0v) is 18.2. The van der Waals surface area contributed by atoms with Gasteiger partial charge in [0.25, 0.3) is 0 Å². The zero-order valence-electron chi connectivity index (χ0n) is 18.2. The fraction of sp³-hybridized carbons (Fsp3) is 0.520. The van der Waals surface area contributed by atoms with Crippen molar-refractivity contribution in [2.45, 2.75) is 77.2 Å². The van der Waals surface area contributed by atoms with Crippen LogP contribution in [0.4, 0.5) is 0 Å². The lowest BCUT2D eigenvalue weighted by atomic mass is 10.1. The first-order valence-electron chi connectivity index (χ1n) is 11.0. The second-order valence-corrected chi connectivity index (χ2v) is 7.00. The minimum Gasteiger partial charge on any atom is -0.393 e.